The van der Waals surface area contributed by atoms with E-state index in [9.17, 15) is 9.59 Å². The van der Waals surface area contributed by atoms with Crippen molar-refractivity contribution in [1.29, 1.82) is 0 Å². The SMILES string of the molecule is Cc1ccc2nc(C3(N4C(=O)N[C@H](c5ccc(OCCO)cc5)C4=O)CC3)[nH]c2c1. The van der Waals surface area contributed by atoms with E-state index < -0.39 is 17.6 Å². The van der Waals surface area contributed by atoms with Crippen LogP contribution in [-0.4, -0.2) is 45.1 Å². The number of hydrogen-bond donors (Lipinski definition) is 3. The first-order valence-corrected chi connectivity index (χ1v) is 9.97. The third-order valence-corrected chi connectivity index (χ3v) is 5.74. The number of fused-ring (bicyclic) bond motifs is 1. The van der Waals surface area contributed by atoms with Gasteiger partial charge in [-0.1, -0.05) is 18.2 Å². The molecule has 2 fully saturated rings. The lowest BCUT2D eigenvalue weighted by Gasteiger charge is -2.23. The molecule has 3 aromatic rings. The lowest BCUT2D eigenvalue weighted by Crippen LogP contribution is -2.41. The van der Waals surface area contributed by atoms with Crippen LogP contribution in [-0.2, 0) is 10.3 Å². The molecule has 0 bridgehead atoms. The Balaban J connectivity index is 1.42. The second kappa shape index (κ2) is 6.84. The van der Waals surface area contributed by atoms with Crippen LogP contribution in [0.4, 0.5) is 4.79 Å². The van der Waals surface area contributed by atoms with E-state index in [-0.39, 0.29) is 19.1 Å². The highest BCUT2D eigenvalue weighted by Crippen LogP contribution is 2.52. The number of nitrogens with one attached hydrogen (secondary N) is 2. The highest BCUT2D eigenvalue weighted by Gasteiger charge is 2.60. The van der Waals surface area contributed by atoms with Gasteiger partial charge in [-0.05, 0) is 55.2 Å². The zero-order valence-corrected chi connectivity index (χ0v) is 16.5. The topological polar surface area (TPSA) is 108 Å². The number of rotatable bonds is 6. The number of aliphatic hydroxyl groups excluding tert-OH is 1. The minimum Gasteiger partial charge on any atom is -0.491 e. The van der Waals surface area contributed by atoms with Crippen molar-refractivity contribution in [1.82, 2.24) is 20.2 Å². The molecule has 2 aliphatic rings. The van der Waals surface area contributed by atoms with Gasteiger partial charge < -0.3 is 20.1 Å². The van der Waals surface area contributed by atoms with E-state index >= 15 is 0 Å². The summed E-state index contributed by atoms with van der Waals surface area (Å²) in [5.41, 5.74) is 2.81. The van der Waals surface area contributed by atoms with Crippen molar-refractivity contribution in [3.8, 4) is 5.75 Å². The monoisotopic (exact) mass is 406 g/mol. The van der Waals surface area contributed by atoms with Gasteiger partial charge in [0.1, 0.15) is 29.8 Å². The van der Waals surface area contributed by atoms with Crippen molar-refractivity contribution < 1.29 is 19.4 Å². The molecule has 8 nitrogen and oxygen atoms in total. The summed E-state index contributed by atoms with van der Waals surface area (Å²) in [6, 6.07) is 11.7. The molecule has 8 heteroatoms. The maximum absolute atomic E-state index is 13.2. The molecule has 0 spiro atoms. The van der Waals surface area contributed by atoms with Crippen molar-refractivity contribution in [2.45, 2.75) is 31.3 Å². The van der Waals surface area contributed by atoms with E-state index in [4.69, 9.17) is 9.84 Å². The van der Waals surface area contributed by atoms with Gasteiger partial charge in [0, 0.05) is 0 Å². The van der Waals surface area contributed by atoms with Crippen molar-refractivity contribution in [2.75, 3.05) is 13.2 Å². The molecule has 2 heterocycles. The zero-order chi connectivity index (χ0) is 20.9. The average Bonchev–Trinajstić information content (AvgIpc) is 3.32. The van der Waals surface area contributed by atoms with E-state index in [2.05, 4.69) is 15.3 Å². The Bertz CT molecular complexity index is 1130. The molecular weight excluding hydrogens is 384 g/mol. The first-order valence-electron chi connectivity index (χ1n) is 9.97. The van der Waals surface area contributed by atoms with E-state index in [0.29, 0.717) is 30.0 Å². The van der Waals surface area contributed by atoms with Gasteiger partial charge in [0.2, 0.25) is 0 Å². The zero-order valence-electron chi connectivity index (χ0n) is 16.5. The fourth-order valence-electron chi connectivity index (χ4n) is 4.06. The second-order valence-electron chi connectivity index (χ2n) is 7.83. The van der Waals surface area contributed by atoms with Gasteiger partial charge in [-0.15, -0.1) is 0 Å². The molecule has 1 atom stereocenters. The quantitative estimate of drug-likeness (QED) is 0.545. The minimum absolute atomic E-state index is 0.0721. The van der Waals surface area contributed by atoms with Crippen LogP contribution in [0, 0.1) is 6.92 Å². The molecule has 1 aromatic heterocycles. The second-order valence-corrected chi connectivity index (χ2v) is 7.83. The van der Waals surface area contributed by atoms with Crippen LogP contribution in [0.15, 0.2) is 42.5 Å². The highest BCUT2D eigenvalue weighted by atomic mass is 16.5. The normalized spacial score (nSPS) is 19.9. The molecule has 1 aliphatic carbocycles. The van der Waals surface area contributed by atoms with E-state index in [1.807, 2.05) is 25.1 Å². The summed E-state index contributed by atoms with van der Waals surface area (Å²) in [7, 11) is 0. The van der Waals surface area contributed by atoms with E-state index in [0.717, 1.165) is 16.6 Å². The highest BCUT2D eigenvalue weighted by molar-refractivity contribution is 6.05. The molecule has 0 unspecified atom stereocenters. The van der Waals surface area contributed by atoms with Crippen LogP contribution in [0.25, 0.3) is 11.0 Å². The fourth-order valence-corrected chi connectivity index (χ4v) is 4.06. The van der Waals surface area contributed by atoms with Gasteiger partial charge in [0.25, 0.3) is 5.91 Å². The van der Waals surface area contributed by atoms with Gasteiger partial charge in [-0.3, -0.25) is 4.79 Å². The number of carbonyl (C=O) groups excluding carboxylic acids is 2. The number of hydrogen-bond acceptors (Lipinski definition) is 5. The first-order chi connectivity index (χ1) is 14.5. The molecule has 154 valence electrons. The maximum atomic E-state index is 13.2. The van der Waals surface area contributed by atoms with Crippen LogP contribution < -0.4 is 10.1 Å². The lowest BCUT2D eigenvalue weighted by atomic mass is 10.1. The number of imidazole rings is 1. The summed E-state index contributed by atoms with van der Waals surface area (Å²) in [6.45, 7) is 2.14. The third kappa shape index (κ3) is 2.91. The summed E-state index contributed by atoms with van der Waals surface area (Å²) in [6.07, 6.45) is 1.37. The first kappa shape index (κ1) is 18.6. The van der Waals surface area contributed by atoms with Crippen LogP contribution in [0.1, 0.15) is 35.8 Å². The van der Waals surface area contributed by atoms with Crippen LogP contribution in [0.2, 0.25) is 0 Å². The number of amides is 3. The summed E-state index contributed by atoms with van der Waals surface area (Å²) in [5.74, 6) is 0.968. The number of urea groups is 1. The predicted molar refractivity (Wildman–Crippen MR) is 109 cm³/mol. The smallest absolute Gasteiger partial charge is 0.326 e. The third-order valence-electron chi connectivity index (χ3n) is 5.74. The van der Waals surface area contributed by atoms with Gasteiger partial charge in [-0.2, -0.15) is 0 Å². The number of H-pyrrole nitrogens is 1. The Morgan fingerprint density at radius 3 is 2.67 bits per heavy atom. The van der Waals surface area contributed by atoms with Crippen LogP contribution in [0.3, 0.4) is 0 Å². The molecule has 30 heavy (non-hydrogen) atoms. The summed E-state index contributed by atoms with van der Waals surface area (Å²) < 4.78 is 5.36. The Kier molecular flexibility index (Phi) is 4.25. The molecule has 1 aliphatic heterocycles. The van der Waals surface area contributed by atoms with Gasteiger partial charge in [0.05, 0.1) is 17.6 Å². The number of ether oxygens (including phenoxy) is 1. The molecule has 3 N–H and O–H groups in total. The molecular formula is C22H22N4O4. The lowest BCUT2D eigenvalue weighted by molar-refractivity contribution is -0.130. The molecule has 2 aromatic carbocycles. The van der Waals surface area contributed by atoms with Crippen LogP contribution >= 0.6 is 0 Å². The summed E-state index contributed by atoms with van der Waals surface area (Å²) in [5, 5.41) is 11.7. The van der Waals surface area contributed by atoms with Crippen molar-refractivity contribution in [2.24, 2.45) is 0 Å². The van der Waals surface area contributed by atoms with Crippen molar-refractivity contribution in [3.63, 3.8) is 0 Å². The Labute approximate surface area is 172 Å². The molecule has 0 radical (unpaired) electrons. The van der Waals surface area contributed by atoms with E-state index in [1.54, 1.807) is 24.3 Å². The number of aromatic amines is 1. The van der Waals surface area contributed by atoms with E-state index in [1.165, 1.54) is 4.90 Å². The maximum Gasteiger partial charge on any atom is 0.326 e. The molecule has 1 saturated carbocycles. The summed E-state index contributed by atoms with van der Waals surface area (Å²) in [4.78, 5) is 35.4. The fraction of sp³-hybridized carbons (Fsp3) is 0.318. The van der Waals surface area contributed by atoms with Crippen molar-refractivity contribution >= 4 is 23.0 Å². The standard InChI is InChI=1S/C22H22N4O4/c1-13-2-7-16-17(12-13)24-20(23-16)22(8-9-22)26-19(28)18(25-21(26)29)14-3-5-15(6-4-14)30-11-10-27/h2-7,12,18,27H,8-11H2,1H3,(H,23,24)(H,25,29)/t18-/m1/s1. The van der Waals surface area contributed by atoms with Gasteiger partial charge >= 0.3 is 6.03 Å². The minimum atomic E-state index is -0.742. The average molecular weight is 406 g/mol. The predicted octanol–water partition coefficient (Wildman–Crippen LogP) is 2.52. The summed E-state index contributed by atoms with van der Waals surface area (Å²) >= 11 is 0. The van der Waals surface area contributed by atoms with Gasteiger partial charge in [0.15, 0.2) is 0 Å². The Hall–Kier alpha value is -3.39. The van der Waals surface area contributed by atoms with Crippen LogP contribution in [0.5, 0.6) is 5.75 Å². The number of aryl methyl sites for hydroxylation is 1. The Morgan fingerprint density at radius 1 is 1.20 bits per heavy atom. The molecule has 3 amide bonds. The number of benzene rings is 2. The largest absolute Gasteiger partial charge is 0.491 e. The van der Waals surface area contributed by atoms with Crippen molar-refractivity contribution in [3.05, 3.63) is 59.4 Å². The number of imide groups is 1. The number of aliphatic hydroxyl groups is 1. The Morgan fingerprint density at radius 2 is 1.97 bits per heavy atom. The van der Waals surface area contributed by atoms with Gasteiger partial charge in [-0.25, -0.2) is 14.7 Å². The number of nitrogens with zero attached hydrogens (tertiary/aromatic N) is 2. The number of aromatic nitrogens is 2. The number of carbonyl (C=O) groups is 2. The molecule has 5 rings (SSSR count). The molecule has 1 saturated heterocycles.